The summed E-state index contributed by atoms with van der Waals surface area (Å²) in [6.07, 6.45) is 2.95. The molecule has 1 rings (SSSR count). The van der Waals surface area contributed by atoms with Crippen LogP contribution in [-0.2, 0) is 6.42 Å². The van der Waals surface area contributed by atoms with Gasteiger partial charge in [0.05, 0.1) is 7.11 Å². The van der Waals surface area contributed by atoms with Gasteiger partial charge in [0.25, 0.3) is 0 Å². The molecule has 0 aliphatic heterocycles. The van der Waals surface area contributed by atoms with Crippen molar-refractivity contribution in [2.24, 2.45) is 10.9 Å². The topological polar surface area (TPSA) is 21.6 Å². The number of nitrogens with zero attached hydrogens (tertiary/aromatic N) is 1. The van der Waals surface area contributed by atoms with Gasteiger partial charge in [-0.2, -0.15) is 0 Å². The van der Waals surface area contributed by atoms with E-state index in [2.05, 4.69) is 44.0 Å². The average molecular weight is 245 g/mol. The highest BCUT2D eigenvalue weighted by molar-refractivity contribution is 5.84. The molecule has 1 aromatic rings. The van der Waals surface area contributed by atoms with Crippen molar-refractivity contribution in [2.45, 2.75) is 34.1 Å². The number of methoxy groups -OCH3 is 1. The lowest BCUT2D eigenvalue weighted by molar-refractivity contribution is 0.414. The second-order valence-electron chi connectivity index (χ2n) is 4.71. The number of benzene rings is 1. The third kappa shape index (κ3) is 4.36. The van der Waals surface area contributed by atoms with Crippen LogP contribution in [-0.4, -0.2) is 12.8 Å². The fourth-order valence-corrected chi connectivity index (χ4v) is 1.51. The molecule has 18 heavy (non-hydrogen) atoms. The minimum atomic E-state index is 0.496. The summed E-state index contributed by atoms with van der Waals surface area (Å²) in [6.45, 7) is 8.46. The van der Waals surface area contributed by atoms with Gasteiger partial charge in [0.2, 0.25) is 0 Å². The first-order chi connectivity index (χ1) is 8.56. The smallest absolute Gasteiger partial charge is 0.118 e. The molecule has 1 aromatic carbocycles. The Bertz CT molecular complexity index is 427. The van der Waals surface area contributed by atoms with E-state index in [4.69, 9.17) is 4.74 Å². The second-order valence-corrected chi connectivity index (χ2v) is 4.71. The van der Waals surface area contributed by atoms with Crippen LogP contribution in [0.3, 0.4) is 0 Å². The molecule has 0 saturated carbocycles. The fourth-order valence-electron chi connectivity index (χ4n) is 1.51. The number of ether oxygens (including phenoxy) is 1. The molecule has 0 aromatic heterocycles. The lowest BCUT2D eigenvalue weighted by Crippen LogP contribution is -2.03. The van der Waals surface area contributed by atoms with Gasteiger partial charge < -0.3 is 4.74 Å². The summed E-state index contributed by atoms with van der Waals surface area (Å²) in [7, 11) is 1.68. The fraction of sp³-hybridized carbons (Fsp3) is 0.438. The molecule has 0 radical (unpaired) electrons. The van der Waals surface area contributed by atoms with Gasteiger partial charge in [-0.15, -0.1) is 0 Å². The summed E-state index contributed by atoms with van der Waals surface area (Å²) in [5, 5.41) is 0. The highest BCUT2D eigenvalue weighted by Gasteiger charge is 2.02. The average Bonchev–Trinajstić information content (AvgIpc) is 2.38. The lowest BCUT2D eigenvalue weighted by atomic mass is 10.1. The molecule has 2 heteroatoms. The third-order valence-corrected chi connectivity index (χ3v) is 3.03. The van der Waals surface area contributed by atoms with E-state index in [-0.39, 0.29) is 0 Å². The number of aliphatic imine (C=N–C) groups is 1. The maximum atomic E-state index is 5.15. The van der Waals surface area contributed by atoms with E-state index < -0.39 is 0 Å². The summed E-state index contributed by atoms with van der Waals surface area (Å²) in [5.74, 6) is 1.39. The summed E-state index contributed by atoms with van der Waals surface area (Å²) in [6, 6.07) is 8.15. The highest BCUT2D eigenvalue weighted by Crippen LogP contribution is 2.15. The zero-order valence-corrected chi connectivity index (χ0v) is 12.0. The predicted molar refractivity (Wildman–Crippen MR) is 78.4 cm³/mol. The van der Waals surface area contributed by atoms with Crippen LogP contribution < -0.4 is 4.74 Å². The minimum absolute atomic E-state index is 0.496. The van der Waals surface area contributed by atoms with E-state index in [1.165, 1.54) is 11.3 Å². The molecule has 0 spiro atoms. The summed E-state index contributed by atoms with van der Waals surface area (Å²) in [5.41, 5.74) is 3.55. The molecule has 0 aliphatic rings. The van der Waals surface area contributed by atoms with E-state index in [9.17, 15) is 0 Å². The molecular formula is C16H23NO. The Labute approximate surface area is 110 Å². The largest absolute Gasteiger partial charge is 0.497 e. The Morgan fingerprint density at radius 3 is 2.33 bits per heavy atom. The van der Waals surface area contributed by atoms with Gasteiger partial charge in [-0.05, 0) is 37.5 Å². The first-order valence-corrected chi connectivity index (χ1v) is 6.40. The van der Waals surface area contributed by atoms with Crippen LogP contribution in [0.2, 0.25) is 0 Å². The third-order valence-electron chi connectivity index (χ3n) is 3.03. The monoisotopic (exact) mass is 245 g/mol. The molecule has 0 amide bonds. The van der Waals surface area contributed by atoms with Gasteiger partial charge >= 0.3 is 0 Å². The van der Waals surface area contributed by atoms with Crippen LogP contribution in [0.5, 0.6) is 5.75 Å². The maximum absolute atomic E-state index is 5.15. The quantitative estimate of drug-likeness (QED) is 0.710. The van der Waals surface area contributed by atoms with E-state index in [0.29, 0.717) is 5.92 Å². The van der Waals surface area contributed by atoms with Crippen LogP contribution in [0.4, 0.5) is 0 Å². The molecular weight excluding hydrogens is 222 g/mol. The van der Waals surface area contributed by atoms with Crippen molar-refractivity contribution in [3.05, 3.63) is 41.6 Å². The minimum Gasteiger partial charge on any atom is -0.497 e. The van der Waals surface area contributed by atoms with E-state index >= 15 is 0 Å². The zero-order chi connectivity index (χ0) is 13.5. The van der Waals surface area contributed by atoms with Gasteiger partial charge in [0.15, 0.2) is 0 Å². The molecule has 0 N–H and O–H groups in total. The van der Waals surface area contributed by atoms with Crippen molar-refractivity contribution in [3.8, 4) is 5.75 Å². The SMILES string of the molecule is C/C=C(Cc1ccc(OC)cc1)\N=C(/C)C(C)C. The van der Waals surface area contributed by atoms with Crippen molar-refractivity contribution in [3.63, 3.8) is 0 Å². The van der Waals surface area contributed by atoms with Crippen LogP contribution >= 0.6 is 0 Å². The normalized spacial score (nSPS) is 13.0. The number of hydrogen-bond acceptors (Lipinski definition) is 2. The Hall–Kier alpha value is -1.57. The van der Waals surface area contributed by atoms with Crippen LogP contribution in [0.1, 0.15) is 33.3 Å². The highest BCUT2D eigenvalue weighted by atomic mass is 16.5. The lowest BCUT2D eigenvalue weighted by Gasteiger charge is -2.08. The van der Waals surface area contributed by atoms with Crippen LogP contribution in [0.25, 0.3) is 0 Å². The Morgan fingerprint density at radius 2 is 1.89 bits per heavy atom. The summed E-state index contributed by atoms with van der Waals surface area (Å²) < 4.78 is 5.15. The molecule has 0 fully saturated rings. The maximum Gasteiger partial charge on any atom is 0.118 e. The predicted octanol–water partition coefficient (Wildman–Crippen LogP) is 4.26. The van der Waals surface area contributed by atoms with Gasteiger partial charge in [0.1, 0.15) is 5.75 Å². The van der Waals surface area contributed by atoms with Crippen molar-refractivity contribution in [1.29, 1.82) is 0 Å². The van der Waals surface area contributed by atoms with Gasteiger partial charge in [-0.3, -0.25) is 4.99 Å². The van der Waals surface area contributed by atoms with E-state index in [1.807, 2.05) is 19.1 Å². The molecule has 2 nitrogen and oxygen atoms in total. The summed E-state index contributed by atoms with van der Waals surface area (Å²) >= 11 is 0. The van der Waals surface area contributed by atoms with E-state index in [1.54, 1.807) is 7.11 Å². The molecule has 0 heterocycles. The van der Waals surface area contributed by atoms with Gasteiger partial charge in [-0.1, -0.05) is 32.1 Å². The van der Waals surface area contributed by atoms with Crippen molar-refractivity contribution >= 4 is 5.71 Å². The number of rotatable bonds is 5. The first kappa shape index (κ1) is 14.5. The van der Waals surface area contributed by atoms with E-state index in [0.717, 1.165) is 17.9 Å². The molecule has 0 bridgehead atoms. The van der Waals surface area contributed by atoms with Crippen molar-refractivity contribution in [2.75, 3.05) is 7.11 Å². The Kier molecular flexibility index (Phi) is 5.63. The number of allylic oxidation sites excluding steroid dienone is 2. The first-order valence-electron chi connectivity index (χ1n) is 6.40. The second kappa shape index (κ2) is 7.00. The molecule has 0 atom stereocenters. The standard InChI is InChI=1S/C16H23NO/c1-6-15(17-13(4)12(2)3)11-14-7-9-16(18-5)10-8-14/h6-10,12H,11H2,1-5H3/b15-6-,17-13+. The zero-order valence-electron chi connectivity index (χ0n) is 12.0. The van der Waals surface area contributed by atoms with Crippen LogP contribution in [0.15, 0.2) is 41.0 Å². The van der Waals surface area contributed by atoms with Crippen molar-refractivity contribution in [1.82, 2.24) is 0 Å². The Balaban J connectivity index is 2.77. The molecule has 0 saturated heterocycles. The molecule has 98 valence electrons. The Morgan fingerprint density at radius 1 is 1.28 bits per heavy atom. The molecule has 0 aliphatic carbocycles. The van der Waals surface area contributed by atoms with Crippen LogP contribution in [0, 0.1) is 5.92 Å². The van der Waals surface area contributed by atoms with Gasteiger partial charge in [-0.25, -0.2) is 0 Å². The number of hydrogen-bond donors (Lipinski definition) is 0. The summed E-state index contributed by atoms with van der Waals surface area (Å²) in [4.78, 5) is 4.68. The van der Waals surface area contributed by atoms with Crippen molar-refractivity contribution < 1.29 is 4.74 Å². The van der Waals surface area contributed by atoms with Gasteiger partial charge in [0, 0.05) is 17.8 Å². The molecule has 0 unspecified atom stereocenters.